The van der Waals surface area contributed by atoms with Crippen LogP contribution in [0.1, 0.15) is 41.3 Å². The molecule has 0 bridgehead atoms. The van der Waals surface area contributed by atoms with Gasteiger partial charge in [0, 0.05) is 17.0 Å². The van der Waals surface area contributed by atoms with Crippen LogP contribution in [0.15, 0.2) is 41.6 Å². The fourth-order valence-electron chi connectivity index (χ4n) is 3.70. The van der Waals surface area contributed by atoms with Crippen LogP contribution in [0, 0.1) is 18.6 Å². The summed E-state index contributed by atoms with van der Waals surface area (Å²) in [5, 5.41) is 1.22. The Hall–Kier alpha value is -1.85. The largest absolute Gasteiger partial charge is 0.291 e. The maximum absolute atomic E-state index is 13.8. The van der Waals surface area contributed by atoms with Crippen molar-refractivity contribution in [1.29, 1.82) is 0 Å². The van der Waals surface area contributed by atoms with Crippen molar-refractivity contribution in [2.24, 2.45) is 0 Å². The Morgan fingerprint density at radius 2 is 1.96 bits per heavy atom. The number of aromatic nitrogens is 2. The van der Waals surface area contributed by atoms with Crippen LogP contribution in [0.3, 0.4) is 0 Å². The summed E-state index contributed by atoms with van der Waals surface area (Å²) in [6.45, 7) is 1.98. The minimum Gasteiger partial charge on any atom is -0.291 e. The second kappa shape index (κ2) is 6.71. The van der Waals surface area contributed by atoms with E-state index in [1.807, 2.05) is 23.6 Å². The average Bonchev–Trinajstić information content (AvgIpc) is 2.95. The Bertz CT molecular complexity index is 1000. The molecule has 134 valence electrons. The molecule has 26 heavy (non-hydrogen) atoms. The SMILES string of the molecule is Cc1cc(C2CCCc3nc(S)n(-c4ccc(F)c(F)c4)c32)ccc1Cl. The van der Waals surface area contributed by atoms with Crippen molar-refractivity contribution in [2.45, 2.75) is 37.3 Å². The summed E-state index contributed by atoms with van der Waals surface area (Å²) in [5.41, 5.74) is 4.64. The zero-order valence-electron chi connectivity index (χ0n) is 14.1. The van der Waals surface area contributed by atoms with Crippen molar-refractivity contribution >= 4 is 24.2 Å². The second-order valence-electron chi connectivity index (χ2n) is 6.63. The standard InChI is InChI=1S/C20H17ClF2N2S/c1-11-9-12(5-7-15(11)21)14-3-2-4-18-19(14)25(20(26)24-18)13-6-8-16(22)17(23)10-13/h5-10,14H,2-4H2,1H3,(H,24,26). The van der Waals surface area contributed by atoms with Gasteiger partial charge in [-0.25, -0.2) is 13.8 Å². The number of hydrogen-bond donors (Lipinski definition) is 1. The third kappa shape index (κ3) is 2.93. The van der Waals surface area contributed by atoms with E-state index < -0.39 is 11.6 Å². The first kappa shape index (κ1) is 17.6. The molecule has 0 radical (unpaired) electrons. The van der Waals surface area contributed by atoms with Gasteiger partial charge in [-0.2, -0.15) is 0 Å². The minimum atomic E-state index is -0.882. The van der Waals surface area contributed by atoms with Gasteiger partial charge >= 0.3 is 0 Å². The average molecular weight is 391 g/mol. The van der Waals surface area contributed by atoms with Gasteiger partial charge in [-0.15, -0.1) is 12.6 Å². The molecule has 2 nitrogen and oxygen atoms in total. The van der Waals surface area contributed by atoms with Crippen LogP contribution in [0.5, 0.6) is 0 Å². The second-order valence-corrected chi connectivity index (χ2v) is 7.44. The zero-order chi connectivity index (χ0) is 18.4. The molecular weight excluding hydrogens is 374 g/mol. The lowest BCUT2D eigenvalue weighted by Crippen LogP contribution is -2.15. The molecule has 1 unspecified atom stereocenters. The summed E-state index contributed by atoms with van der Waals surface area (Å²) >= 11 is 10.7. The zero-order valence-corrected chi connectivity index (χ0v) is 15.8. The number of hydrogen-bond acceptors (Lipinski definition) is 2. The molecule has 0 fully saturated rings. The van der Waals surface area contributed by atoms with Crippen molar-refractivity contribution in [2.75, 3.05) is 0 Å². The van der Waals surface area contributed by atoms with Crippen molar-refractivity contribution in [1.82, 2.24) is 9.55 Å². The van der Waals surface area contributed by atoms with Crippen molar-refractivity contribution in [3.8, 4) is 5.69 Å². The number of halogens is 3. The molecule has 0 N–H and O–H groups in total. The lowest BCUT2D eigenvalue weighted by molar-refractivity contribution is 0.507. The molecule has 1 heterocycles. The highest BCUT2D eigenvalue weighted by Crippen LogP contribution is 2.40. The summed E-state index contributed by atoms with van der Waals surface area (Å²) in [7, 11) is 0. The van der Waals surface area contributed by atoms with E-state index in [9.17, 15) is 8.78 Å². The Morgan fingerprint density at radius 1 is 1.15 bits per heavy atom. The minimum absolute atomic E-state index is 0.108. The molecule has 3 aromatic rings. The van der Waals surface area contributed by atoms with Crippen LogP contribution in [0.25, 0.3) is 5.69 Å². The summed E-state index contributed by atoms with van der Waals surface area (Å²) < 4.78 is 29.0. The molecule has 1 aliphatic carbocycles. The van der Waals surface area contributed by atoms with Crippen molar-refractivity contribution < 1.29 is 8.78 Å². The molecular formula is C20H17ClF2N2S. The predicted molar refractivity (Wildman–Crippen MR) is 102 cm³/mol. The summed E-state index contributed by atoms with van der Waals surface area (Å²) in [5.74, 6) is -1.64. The lowest BCUT2D eigenvalue weighted by atomic mass is 9.83. The summed E-state index contributed by atoms with van der Waals surface area (Å²) in [6, 6.07) is 9.89. The third-order valence-electron chi connectivity index (χ3n) is 4.95. The molecule has 6 heteroatoms. The van der Waals surface area contributed by atoms with Crippen LogP contribution in [0.2, 0.25) is 5.02 Å². The number of benzene rings is 2. The van der Waals surface area contributed by atoms with Crippen LogP contribution in [-0.4, -0.2) is 9.55 Å². The van der Waals surface area contributed by atoms with Gasteiger partial charge in [-0.1, -0.05) is 23.7 Å². The van der Waals surface area contributed by atoms with E-state index in [-0.39, 0.29) is 5.92 Å². The van der Waals surface area contributed by atoms with E-state index in [4.69, 9.17) is 11.6 Å². The van der Waals surface area contributed by atoms with Gasteiger partial charge in [0.25, 0.3) is 0 Å². The summed E-state index contributed by atoms with van der Waals surface area (Å²) in [4.78, 5) is 4.58. The molecule has 1 aromatic heterocycles. The number of imidazole rings is 1. The quantitative estimate of drug-likeness (QED) is 0.542. The first-order chi connectivity index (χ1) is 12.5. The van der Waals surface area contributed by atoms with E-state index >= 15 is 0 Å². The first-order valence-electron chi connectivity index (χ1n) is 8.47. The Labute approximate surface area is 161 Å². The van der Waals surface area contributed by atoms with Crippen molar-refractivity contribution in [3.05, 3.63) is 75.6 Å². The predicted octanol–water partition coefficient (Wildman–Crippen LogP) is 5.87. The normalized spacial score (nSPS) is 16.6. The van der Waals surface area contributed by atoms with Crippen LogP contribution in [-0.2, 0) is 6.42 Å². The molecule has 4 rings (SSSR count). The third-order valence-corrected chi connectivity index (χ3v) is 5.68. The van der Waals surface area contributed by atoms with Crippen LogP contribution in [0.4, 0.5) is 8.78 Å². The van der Waals surface area contributed by atoms with E-state index in [1.54, 1.807) is 6.07 Å². The molecule has 2 aromatic carbocycles. The highest BCUT2D eigenvalue weighted by molar-refractivity contribution is 7.80. The van der Waals surface area contributed by atoms with Crippen molar-refractivity contribution in [3.63, 3.8) is 0 Å². The molecule has 0 amide bonds. The van der Waals surface area contributed by atoms with E-state index in [2.05, 4.69) is 23.7 Å². The number of thiol groups is 1. The topological polar surface area (TPSA) is 17.8 Å². The van der Waals surface area contributed by atoms with Gasteiger partial charge in [0.15, 0.2) is 16.8 Å². The molecule has 1 atom stereocenters. The van der Waals surface area contributed by atoms with Gasteiger partial charge in [0.05, 0.1) is 17.1 Å². The molecule has 0 aliphatic heterocycles. The fraction of sp³-hybridized carbons (Fsp3) is 0.250. The van der Waals surface area contributed by atoms with Crippen LogP contribution >= 0.6 is 24.2 Å². The van der Waals surface area contributed by atoms with E-state index in [0.717, 1.165) is 52.9 Å². The maximum Gasteiger partial charge on any atom is 0.169 e. The Kier molecular flexibility index (Phi) is 4.53. The van der Waals surface area contributed by atoms with Gasteiger partial charge in [-0.05, 0) is 55.5 Å². The highest BCUT2D eigenvalue weighted by Gasteiger charge is 2.29. The highest BCUT2D eigenvalue weighted by atomic mass is 35.5. The number of aryl methyl sites for hydroxylation is 2. The van der Waals surface area contributed by atoms with Gasteiger partial charge < -0.3 is 0 Å². The molecule has 1 aliphatic rings. The Balaban J connectivity index is 1.89. The summed E-state index contributed by atoms with van der Waals surface area (Å²) in [6.07, 6.45) is 2.82. The molecule has 0 saturated heterocycles. The lowest BCUT2D eigenvalue weighted by Gasteiger charge is -2.25. The van der Waals surface area contributed by atoms with Gasteiger partial charge in [0.1, 0.15) is 0 Å². The molecule has 0 spiro atoms. The Morgan fingerprint density at radius 3 is 2.69 bits per heavy atom. The van der Waals surface area contributed by atoms with Crippen LogP contribution < -0.4 is 0 Å². The number of fused-ring (bicyclic) bond motifs is 1. The van der Waals surface area contributed by atoms with Gasteiger partial charge in [0.2, 0.25) is 0 Å². The smallest absolute Gasteiger partial charge is 0.169 e. The fourth-order valence-corrected chi connectivity index (χ4v) is 4.17. The van der Waals surface area contributed by atoms with E-state index in [0.29, 0.717) is 10.8 Å². The van der Waals surface area contributed by atoms with E-state index in [1.165, 1.54) is 6.07 Å². The number of rotatable bonds is 2. The number of nitrogens with zero attached hydrogens (tertiary/aromatic N) is 2. The first-order valence-corrected chi connectivity index (χ1v) is 9.30. The maximum atomic E-state index is 13.8. The monoisotopic (exact) mass is 390 g/mol. The molecule has 0 saturated carbocycles. The van der Waals surface area contributed by atoms with Gasteiger partial charge in [-0.3, -0.25) is 4.57 Å².